The van der Waals surface area contributed by atoms with Crippen molar-refractivity contribution in [3.8, 4) is 11.3 Å². The Labute approximate surface area is 169 Å². The van der Waals surface area contributed by atoms with Gasteiger partial charge in [0.15, 0.2) is 0 Å². The Morgan fingerprint density at radius 2 is 1.38 bits per heavy atom. The standard InChI is InChI=1S/C11H10N2.C10H11N3O2S/c12-10-6-7-11(13-8-10)9-4-2-1-3-5-9;11-8-5-9(16(13,14)15)6-3-1-2-4-7(6)10(8)12/h1-8H,12H2;1-5H,11-12H2,(H2,13,14,15). The molecule has 0 fully saturated rings. The fraction of sp³-hybridized carbons (Fsp3) is 0. The van der Waals surface area contributed by atoms with Crippen LogP contribution >= 0.6 is 0 Å². The summed E-state index contributed by atoms with van der Waals surface area (Å²) in [6, 6.07) is 21.9. The number of pyridine rings is 1. The van der Waals surface area contributed by atoms with Gasteiger partial charge in [0.1, 0.15) is 0 Å². The minimum Gasteiger partial charge on any atom is -0.397 e. The molecule has 0 amide bonds. The highest BCUT2D eigenvalue weighted by Gasteiger charge is 2.15. The second-order valence-corrected chi connectivity index (χ2v) is 7.84. The summed E-state index contributed by atoms with van der Waals surface area (Å²) in [7, 11) is -3.80. The van der Waals surface area contributed by atoms with Crippen LogP contribution in [0.1, 0.15) is 0 Å². The van der Waals surface area contributed by atoms with Crippen LogP contribution in [0, 0.1) is 0 Å². The van der Waals surface area contributed by atoms with Gasteiger partial charge in [0.25, 0.3) is 0 Å². The van der Waals surface area contributed by atoms with E-state index in [0.29, 0.717) is 22.1 Å². The molecule has 0 saturated carbocycles. The molecule has 3 aromatic carbocycles. The average Bonchev–Trinajstić information content (AvgIpc) is 2.72. The largest absolute Gasteiger partial charge is 0.397 e. The highest BCUT2D eigenvalue weighted by atomic mass is 32.2. The molecule has 0 unspecified atom stereocenters. The van der Waals surface area contributed by atoms with Crippen LogP contribution in [-0.2, 0) is 10.0 Å². The number of rotatable bonds is 2. The molecule has 0 radical (unpaired) electrons. The molecule has 29 heavy (non-hydrogen) atoms. The molecule has 0 aliphatic carbocycles. The summed E-state index contributed by atoms with van der Waals surface area (Å²) in [6.07, 6.45) is 1.67. The van der Waals surface area contributed by atoms with E-state index in [0.717, 1.165) is 11.3 Å². The lowest BCUT2D eigenvalue weighted by Gasteiger charge is -2.09. The van der Waals surface area contributed by atoms with Crippen LogP contribution in [0.2, 0.25) is 0 Å². The fourth-order valence-electron chi connectivity index (χ4n) is 2.81. The van der Waals surface area contributed by atoms with Gasteiger partial charge in [0.05, 0.1) is 33.8 Å². The zero-order valence-corrected chi connectivity index (χ0v) is 16.3. The Hall–Kier alpha value is -3.62. The van der Waals surface area contributed by atoms with E-state index < -0.39 is 10.0 Å². The lowest BCUT2D eigenvalue weighted by Crippen LogP contribution is -2.13. The molecule has 8 heteroatoms. The Bertz CT molecular complexity index is 1240. The topological polar surface area (TPSA) is 151 Å². The predicted octanol–water partition coefficient (Wildman–Crippen LogP) is 2.98. The molecule has 0 saturated heterocycles. The third-order valence-corrected chi connectivity index (χ3v) is 5.19. The third kappa shape index (κ3) is 4.63. The molecule has 148 valence electrons. The summed E-state index contributed by atoms with van der Waals surface area (Å²) < 4.78 is 22.8. The lowest BCUT2D eigenvalue weighted by atomic mass is 10.1. The SMILES string of the molecule is Nc1cc(S(N)(=O)=O)c2ccccc2c1N.Nc1ccc(-c2ccccc2)nc1. The molecule has 0 spiro atoms. The van der Waals surface area contributed by atoms with Crippen LogP contribution in [0.15, 0.2) is 83.9 Å². The monoisotopic (exact) mass is 407 g/mol. The van der Waals surface area contributed by atoms with Crippen molar-refractivity contribution in [1.29, 1.82) is 0 Å². The van der Waals surface area contributed by atoms with Crippen LogP contribution in [-0.4, -0.2) is 13.4 Å². The maximum absolute atomic E-state index is 11.4. The summed E-state index contributed by atoms with van der Waals surface area (Å²) in [5.41, 5.74) is 20.3. The number of primary sulfonamides is 1. The number of nitrogens with zero attached hydrogens (tertiary/aromatic N) is 1. The molecule has 1 aromatic heterocycles. The summed E-state index contributed by atoms with van der Waals surface area (Å²) in [5, 5.41) is 6.19. The quantitative estimate of drug-likeness (QED) is 0.375. The van der Waals surface area contributed by atoms with Crippen LogP contribution in [0.5, 0.6) is 0 Å². The number of fused-ring (bicyclic) bond motifs is 1. The molecule has 0 aliphatic heterocycles. The molecule has 0 aliphatic rings. The summed E-state index contributed by atoms with van der Waals surface area (Å²) >= 11 is 0. The summed E-state index contributed by atoms with van der Waals surface area (Å²) in [5.74, 6) is 0. The van der Waals surface area contributed by atoms with Gasteiger partial charge >= 0.3 is 0 Å². The second kappa shape index (κ2) is 8.17. The number of nitrogens with two attached hydrogens (primary N) is 4. The van der Waals surface area contributed by atoms with Crippen LogP contribution < -0.4 is 22.3 Å². The van der Waals surface area contributed by atoms with Gasteiger partial charge < -0.3 is 17.2 Å². The molecular formula is C21H21N5O2S. The fourth-order valence-corrected chi connectivity index (χ4v) is 3.58. The maximum Gasteiger partial charge on any atom is 0.238 e. The van der Waals surface area contributed by atoms with E-state index in [4.69, 9.17) is 22.3 Å². The molecular weight excluding hydrogens is 386 g/mol. The van der Waals surface area contributed by atoms with E-state index in [1.54, 1.807) is 30.5 Å². The normalized spacial score (nSPS) is 10.9. The van der Waals surface area contributed by atoms with Crippen molar-refractivity contribution in [2.45, 2.75) is 4.90 Å². The highest BCUT2D eigenvalue weighted by Crippen LogP contribution is 2.31. The Kier molecular flexibility index (Phi) is 5.67. The van der Waals surface area contributed by atoms with Crippen molar-refractivity contribution in [3.05, 3.63) is 79.0 Å². The smallest absolute Gasteiger partial charge is 0.238 e. The number of hydrogen-bond donors (Lipinski definition) is 4. The van der Waals surface area contributed by atoms with Gasteiger partial charge in [-0.15, -0.1) is 0 Å². The molecule has 4 rings (SSSR count). The number of sulfonamides is 1. The Balaban J connectivity index is 0.000000169. The van der Waals surface area contributed by atoms with Crippen LogP contribution in [0.25, 0.3) is 22.0 Å². The van der Waals surface area contributed by atoms with Crippen LogP contribution in [0.4, 0.5) is 17.1 Å². The number of nitrogen functional groups attached to an aromatic ring is 3. The summed E-state index contributed by atoms with van der Waals surface area (Å²) in [4.78, 5) is 4.22. The van der Waals surface area contributed by atoms with Gasteiger partial charge in [-0.3, -0.25) is 4.98 Å². The third-order valence-electron chi connectivity index (χ3n) is 4.24. The van der Waals surface area contributed by atoms with Crippen molar-refractivity contribution in [2.24, 2.45) is 5.14 Å². The van der Waals surface area contributed by atoms with Crippen LogP contribution in [0.3, 0.4) is 0 Å². The minimum absolute atomic E-state index is 0.00481. The minimum atomic E-state index is -3.80. The highest BCUT2D eigenvalue weighted by molar-refractivity contribution is 7.89. The van der Waals surface area contributed by atoms with Crippen molar-refractivity contribution in [3.63, 3.8) is 0 Å². The maximum atomic E-state index is 11.4. The zero-order valence-electron chi connectivity index (χ0n) is 15.5. The van der Waals surface area contributed by atoms with Crippen molar-refractivity contribution >= 4 is 37.9 Å². The van der Waals surface area contributed by atoms with Crippen molar-refractivity contribution in [2.75, 3.05) is 17.2 Å². The molecule has 0 atom stereocenters. The van der Waals surface area contributed by atoms with Gasteiger partial charge in [0.2, 0.25) is 10.0 Å². The van der Waals surface area contributed by atoms with E-state index in [1.807, 2.05) is 42.5 Å². The predicted molar refractivity (Wildman–Crippen MR) is 118 cm³/mol. The first-order valence-electron chi connectivity index (χ1n) is 8.64. The van der Waals surface area contributed by atoms with Crippen molar-refractivity contribution in [1.82, 2.24) is 4.98 Å². The lowest BCUT2D eigenvalue weighted by molar-refractivity contribution is 0.598. The van der Waals surface area contributed by atoms with E-state index in [-0.39, 0.29) is 10.6 Å². The van der Waals surface area contributed by atoms with Gasteiger partial charge in [-0.05, 0) is 18.2 Å². The Morgan fingerprint density at radius 1 is 0.759 bits per heavy atom. The van der Waals surface area contributed by atoms with E-state index >= 15 is 0 Å². The molecule has 7 nitrogen and oxygen atoms in total. The number of anilines is 3. The van der Waals surface area contributed by atoms with E-state index in [1.165, 1.54) is 6.07 Å². The number of aromatic nitrogens is 1. The number of hydrogen-bond acceptors (Lipinski definition) is 6. The van der Waals surface area contributed by atoms with Gasteiger partial charge in [0, 0.05) is 16.3 Å². The average molecular weight is 407 g/mol. The molecule has 4 aromatic rings. The molecule has 1 heterocycles. The first-order chi connectivity index (χ1) is 13.8. The first-order valence-corrected chi connectivity index (χ1v) is 10.2. The summed E-state index contributed by atoms with van der Waals surface area (Å²) in [6.45, 7) is 0. The van der Waals surface area contributed by atoms with Gasteiger partial charge in [-0.2, -0.15) is 0 Å². The molecule has 8 N–H and O–H groups in total. The van der Waals surface area contributed by atoms with Gasteiger partial charge in [-0.25, -0.2) is 13.6 Å². The van der Waals surface area contributed by atoms with E-state index in [2.05, 4.69) is 4.98 Å². The Morgan fingerprint density at radius 3 is 1.97 bits per heavy atom. The number of benzene rings is 3. The van der Waals surface area contributed by atoms with E-state index in [9.17, 15) is 8.42 Å². The zero-order chi connectivity index (χ0) is 21.0. The van der Waals surface area contributed by atoms with Crippen molar-refractivity contribution < 1.29 is 8.42 Å². The van der Waals surface area contributed by atoms with Gasteiger partial charge in [-0.1, -0.05) is 54.6 Å². The molecule has 0 bridgehead atoms. The first kappa shape index (κ1) is 20.1. The second-order valence-electron chi connectivity index (χ2n) is 6.31.